The van der Waals surface area contributed by atoms with E-state index in [1.165, 1.54) is 16.7 Å². The van der Waals surface area contributed by atoms with E-state index in [9.17, 15) is 4.79 Å². The molecule has 1 aromatic carbocycles. The van der Waals surface area contributed by atoms with Crippen LogP contribution >= 0.6 is 0 Å². The fourth-order valence-corrected chi connectivity index (χ4v) is 4.59. The Morgan fingerprint density at radius 1 is 1.13 bits per heavy atom. The second kappa shape index (κ2) is 8.95. The number of anilines is 1. The van der Waals surface area contributed by atoms with Crippen molar-refractivity contribution in [3.63, 3.8) is 0 Å². The van der Waals surface area contributed by atoms with E-state index in [1.54, 1.807) is 6.92 Å². The molecule has 1 atom stereocenters. The van der Waals surface area contributed by atoms with Crippen molar-refractivity contribution < 1.29 is 4.79 Å². The number of aromatic nitrogens is 2. The topological polar surface area (TPSA) is 61.4 Å². The molecule has 0 radical (unpaired) electrons. The van der Waals surface area contributed by atoms with Gasteiger partial charge in [0, 0.05) is 37.4 Å². The van der Waals surface area contributed by atoms with Gasteiger partial charge >= 0.3 is 0 Å². The van der Waals surface area contributed by atoms with Crippen molar-refractivity contribution in [3.05, 3.63) is 52.0 Å². The van der Waals surface area contributed by atoms with E-state index in [2.05, 4.69) is 56.2 Å². The Labute approximate surface area is 186 Å². The first-order chi connectivity index (χ1) is 14.8. The van der Waals surface area contributed by atoms with Crippen LogP contribution in [0.5, 0.6) is 0 Å². The summed E-state index contributed by atoms with van der Waals surface area (Å²) in [4.78, 5) is 26.4. The average Bonchev–Trinajstić information content (AvgIpc) is 2.75. The van der Waals surface area contributed by atoms with Crippen LogP contribution in [0.25, 0.3) is 0 Å². The third-order valence-electron chi connectivity index (χ3n) is 6.99. The number of fused-ring (bicyclic) bond motifs is 1. The van der Waals surface area contributed by atoms with Gasteiger partial charge in [-0.05, 0) is 70.4 Å². The van der Waals surface area contributed by atoms with Crippen LogP contribution in [-0.2, 0) is 17.8 Å². The number of rotatable bonds is 4. The van der Waals surface area contributed by atoms with Crippen LogP contribution < -0.4 is 5.32 Å². The van der Waals surface area contributed by atoms with Crippen LogP contribution in [0, 0.1) is 13.8 Å². The summed E-state index contributed by atoms with van der Waals surface area (Å²) >= 11 is 0. The Kier molecular flexibility index (Phi) is 6.28. The third kappa shape index (κ3) is 4.74. The number of amides is 1. The number of hydrogen-bond donors (Lipinski definition) is 1. The van der Waals surface area contributed by atoms with Crippen molar-refractivity contribution in [2.75, 3.05) is 32.0 Å². The maximum Gasteiger partial charge on any atom is 0.219 e. The fraction of sp³-hybridized carbons (Fsp3) is 0.560. The number of carbonyl (C=O) groups is 1. The molecule has 0 aliphatic carbocycles. The maximum absolute atomic E-state index is 12.0. The molecule has 6 nitrogen and oxygen atoms in total. The largest absolute Gasteiger partial charge is 0.363 e. The number of likely N-dealkylation sites (tertiary alicyclic amines) is 1. The molecule has 0 saturated carbocycles. The standard InChI is InChI=1S/C25H35N5O/c1-16-6-7-21(14-17(16)2)18(3)26-25-22-15-30(19(4)31)13-10-23(22)27-24(28-25)20-8-11-29(5)12-9-20/h6-7,14,18,20H,8-13,15H2,1-5H3,(H,26,27,28)/t18-/m0/s1. The molecule has 31 heavy (non-hydrogen) atoms. The van der Waals surface area contributed by atoms with Crippen molar-refractivity contribution in [2.24, 2.45) is 0 Å². The summed E-state index contributed by atoms with van der Waals surface area (Å²) in [7, 11) is 2.18. The van der Waals surface area contributed by atoms with Crippen LogP contribution in [-0.4, -0.2) is 52.4 Å². The highest BCUT2D eigenvalue weighted by Gasteiger charge is 2.28. The predicted molar refractivity (Wildman–Crippen MR) is 124 cm³/mol. The van der Waals surface area contributed by atoms with Gasteiger partial charge in [0.15, 0.2) is 0 Å². The van der Waals surface area contributed by atoms with Gasteiger partial charge in [-0.15, -0.1) is 0 Å². The summed E-state index contributed by atoms with van der Waals surface area (Å²) < 4.78 is 0. The van der Waals surface area contributed by atoms with Crippen molar-refractivity contribution >= 4 is 11.7 Å². The van der Waals surface area contributed by atoms with Crippen molar-refractivity contribution in [3.8, 4) is 0 Å². The van der Waals surface area contributed by atoms with Gasteiger partial charge in [-0.3, -0.25) is 4.79 Å². The average molecular weight is 422 g/mol. The Morgan fingerprint density at radius 3 is 2.55 bits per heavy atom. The minimum absolute atomic E-state index is 0.109. The van der Waals surface area contributed by atoms with Gasteiger partial charge in [-0.2, -0.15) is 0 Å². The number of piperidine rings is 1. The van der Waals surface area contributed by atoms with Gasteiger partial charge in [0.25, 0.3) is 0 Å². The quantitative estimate of drug-likeness (QED) is 0.809. The second-order valence-electron chi connectivity index (χ2n) is 9.33. The predicted octanol–water partition coefficient (Wildman–Crippen LogP) is 3.98. The molecule has 2 aromatic rings. The van der Waals surface area contributed by atoms with Crippen molar-refractivity contribution in [1.29, 1.82) is 0 Å². The molecular weight excluding hydrogens is 386 g/mol. The zero-order chi connectivity index (χ0) is 22.1. The van der Waals surface area contributed by atoms with Crippen LogP contribution in [0.4, 0.5) is 5.82 Å². The lowest BCUT2D eigenvalue weighted by atomic mass is 9.95. The summed E-state index contributed by atoms with van der Waals surface area (Å²) in [6.45, 7) is 11.6. The minimum atomic E-state index is 0.109. The molecule has 1 saturated heterocycles. The SMILES string of the molecule is CC(=O)N1CCc2nc(C3CCN(C)CC3)nc(N[C@@H](C)c3ccc(C)c(C)c3)c2C1. The number of aryl methyl sites for hydroxylation is 2. The van der Waals surface area contributed by atoms with Crippen LogP contribution in [0.3, 0.4) is 0 Å². The molecule has 3 heterocycles. The zero-order valence-electron chi connectivity index (χ0n) is 19.5. The first kappa shape index (κ1) is 21.8. The van der Waals surface area contributed by atoms with E-state index >= 15 is 0 Å². The molecule has 0 unspecified atom stereocenters. The maximum atomic E-state index is 12.0. The summed E-state index contributed by atoms with van der Waals surface area (Å²) in [6.07, 6.45) is 2.99. The Hall–Kier alpha value is -2.47. The van der Waals surface area contributed by atoms with E-state index in [0.29, 0.717) is 12.5 Å². The Bertz CT molecular complexity index is 965. The normalized spacial score (nSPS) is 18.5. The minimum Gasteiger partial charge on any atom is -0.363 e. The smallest absolute Gasteiger partial charge is 0.219 e. The molecular formula is C25H35N5O. The van der Waals surface area contributed by atoms with E-state index in [0.717, 1.165) is 61.8 Å². The molecule has 6 heteroatoms. The monoisotopic (exact) mass is 421 g/mol. The molecule has 166 valence electrons. The summed E-state index contributed by atoms with van der Waals surface area (Å²) in [5.41, 5.74) is 6.03. The third-order valence-corrected chi connectivity index (χ3v) is 6.99. The molecule has 2 aliphatic rings. The highest BCUT2D eigenvalue weighted by atomic mass is 16.2. The van der Waals surface area contributed by atoms with E-state index in [1.807, 2.05) is 4.90 Å². The molecule has 1 amide bonds. The Balaban J connectivity index is 1.67. The summed E-state index contributed by atoms with van der Waals surface area (Å²) in [5.74, 6) is 2.39. The summed E-state index contributed by atoms with van der Waals surface area (Å²) in [5, 5.41) is 3.68. The van der Waals surface area contributed by atoms with Gasteiger partial charge in [-0.25, -0.2) is 9.97 Å². The number of hydrogen-bond acceptors (Lipinski definition) is 5. The van der Waals surface area contributed by atoms with E-state index in [4.69, 9.17) is 9.97 Å². The fourth-order valence-electron chi connectivity index (χ4n) is 4.59. The highest BCUT2D eigenvalue weighted by Crippen LogP contribution is 2.32. The molecule has 1 fully saturated rings. The molecule has 1 aromatic heterocycles. The van der Waals surface area contributed by atoms with Crippen LogP contribution in [0.15, 0.2) is 18.2 Å². The first-order valence-electron chi connectivity index (χ1n) is 11.5. The molecule has 0 bridgehead atoms. The first-order valence-corrected chi connectivity index (χ1v) is 11.5. The number of benzene rings is 1. The van der Waals surface area contributed by atoms with Gasteiger partial charge in [0.05, 0.1) is 12.2 Å². The number of nitrogens with one attached hydrogen (secondary N) is 1. The Morgan fingerprint density at radius 2 is 1.87 bits per heavy atom. The number of nitrogens with zero attached hydrogens (tertiary/aromatic N) is 4. The zero-order valence-corrected chi connectivity index (χ0v) is 19.5. The second-order valence-corrected chi connectivity index (χ2v) is 9.33. The lowest BCUT2D eigenvalue weighted by Crippen LogP contribution is -2.36. The van der Waals surface area contributed by atoms with E-state index in [-0.39, 0.29) is 11.9 Å². The highest BCUT2D eigenvalue weighted by molar-refractivity contribution is 5.74. The van der Waals surface area contributed by atoms with Gasteiger partial charge in [0.2, 0.25) is 5.91 Å². The van der Waals surface area contributed by atoms with Crippen molar-refractivity contribution in [2.45, 2.75) is 65.5 Å². The molecule has 0 spiro atoms. The molecule has 1 N–H and O–H groups in total. The lowest BCUT2D eigenvalue weighted by molar-refractivity contribution is -0.129. The summed E-state index contributed by atoms with van der Waals surface area (Å²) in [6, 6.07) is 6.74. The number of carbonyl (C=O) groups excluding carboxylic acids is 1. The van der Waals surface area contributed by atoms with Crippen LogP contribution in [0.2, 0.25) is 0 Å². The van der Waals surface area contributed by atoms with E-state index < -0.39 is 0 Å². The molecule has 4 rings (SSSR count). The van der Waals surface area contributed by atoms with Crippen LogP contribution in [0.1, 0.15) is 72.4 Å². The lowest BCUT2D eigenvalue weighted by Gasteiger charge is -2.32. The molecule has 2 aliphatic heterocycles. The van der Waals surface area contributed by atoms with Crippen molar-refractivity contribution in [1.82, 2.24) is 19.8 Å². The van der Waals surface area contributed by atoms with Gasteiger partial charge in [-0.1, -0.05) is 18.2 Å². The van der Waals surface area contributed by atoms with Gasteiger partial charge in [0.1, 0.15) is 11.6 Å². The van der Waals surface area contributed by atoms with Gasteiger partial charge < -0.3 is 15.1 Å².